The molecule has 0 saturated heterocycles. The Morgan fingerprint density at radius 1 is 0.944 bits per heavy atom. The second-order valence-corrected chi connectivity index (χ2v) is 8.84. The van der Waals surface area contributed by atoms with Crippen molar-refractivity contribution in [2.45, 2.75) is 25.9 Å². The number of hydrogen-bond donors (Lipinski definition) is 0. The first-order chi connectivity index (χ1) is 8.46. The third kappa shape index (κ3) is 2.13. The van der Waals surface area contributed by atoms with E-state index in [1.54, 1.807) is 6.20 Å². The van der Waals surface area contributed by atoms with Gasteiger partial charge in [0.25, 0.3) is 0 Å². The van der Waals surface area contributed by atoms with Crippen LogP contribution in [0.15, 0.2) is 54.7 Å². The van der Waals surface area contributed by atoms with Gasteiger partial charge in [-0.15, -0.1) is 0 Å². The van der Waals surface area contributed by atoms with Crippen molar-refractivity contribution in [2.24, 2.45) is 0 Å². The minimum Gasteiger partial charge on any atom is -0.311 e. The van der Waals surface area contributed by atoms with Crippen molar-refractivity contribution in [3.05, 3.63) is 54.7 Å². The summed E-state index contributed by atoms with van der Waals surface area (Å²) in [5.74, 6) is 0. The average molecular weight is 259 g/mol. The third-order valence-corrected chi connectivity index (χ3v) is 6.86. The Morgan fingerprint density at radius 2 is 1.56 bits per heavy atom. The zero-order valence-electron chi connectivity index (χ0n) is 11.0. The van der Waals surface area contributed by atoms with Crippen LogP contribution >= 0.6 is 7.14 Å². The highest BCUT2D eigenvalue weighted by molar-refractivity contribution is 7.79. The van der Waals surface area contributed by atoms with Crippen LogP contribution in [-0.4, -0.2) is 10.1 Å². The van der Waals surface area contributed by atoms with Crippen molar-refractivity contribution in [1.82, 2.24) is 4.98 Å². The molecule has 2 nitrogen and oxygen atoms in total. The Hall–Kier alpha value is -1.40. The molecule has 1 heterocycles. The SMILES string of the molecule is CC(C)(C)P(=O)(c1ccccc1)c1ccccn1. The molecule has 0 amide bonds. The van der Waals surface area contributed by atoms with E-state index in [1.165, 1.54) is 0 Å². The van der Waals surface area contributed by atoms with E-state index in [0.29, 0.717) is 5.44 Å². The molecule has 3 heteroatoms. The summed E-state index contributed by atoms with van der Waals surface area (Å²) in [4.78, 5) is 4.33. The van der Waals surface area contributed by atoms with Gasteiger partial charge in [-0.2, -0.15) is 0 Å². The fourth-order valence-corrected chi connectivity index (χ4v) is 4.88. The van der Waals surface area contributed by atoms with Crippen LogP contribution in [-0.2, 0) is 4.57 Å². The van der Waals surface area contributed by atoms with Crippen LogP contribution in [0.2, 0.25) is 0 Å². The molecule has 2 aromatic rings. The molecule has 0 saturated carbocycles. The van der Waals surface area contributed by atoms with Crippen molar-refractivity contribution in [3.63, 3.8) is 0 Å². The maximum absolute atomic E-state index is 13.6. The Bertz CT molecular complexity index is 515. The predicted molar refractivity (Wildman–Crippen MR) is 77.3 cm³/mol. The molecule has 0 aliphatic rings. The molecule has 1 aromatic heterocycles. The lowest BCUT2D eigenvalue weighted by Gasteiger charge is -2.31. The van der Waals surface area contributed by atoms with Gasteiger partial charge in [-0.05, 0) is 12.1 Å². The summed E-state index contributed by atoms with van der Waals surface area (Å²) in [7, 11) is -2.72. The van der Waals surface area contributed by atoms with Crippen molar-refractivity contribution >= 4 is 17.9 Å². The number of nitrogens with zero attached hydrogens (tertiary/aromatic N) is 1. The first kappa shape index (κ1) is 13.0. The molecule has 18 heavy (non-hydrogen) atoms. The van der Waals surface area contributed by atoms with Gasteiger partial charge in [0.1, 0.15) is 5.44 Å². The number of rotatable bonds is 2. The molecule has 0 aliphatic heterocycles. The zero-order chi connectivity index (χ0) is 13.2. The number of hydrogen-bond acceptors (Lipinski definition) is 2. The molecule has 0 fully saturated rings. The summed E-state index contributed by atoms with van der Waals surface area (Å²) in [5, 5.41) is 0.527. The summed E-state index contributed by atoms with van der Waals surface area (Å²) in [6.07, 6.45) is 1.71. The molecule has 0 radical (unpaired) electrons. The van der Waals surface area contributed by atoms with Gasteiger partial charge < -0.3 is 4.57 Å². The van der Waals surface area contributed by atoms with E-state index < -0.39 is 7.14 Å². The molecule has 2 rings (SSSR count). The maximum Gasteiger partial charge on any atom is 0.165 e. The fourth-order valence-electron chi connectivity index (χ4n) is 2.04. The topological polar surface area (TPSA) is 30.0 Å². The fraction of sp³-hybridized carbons (Fsp3) is 0.267. The van der Waals surface area contributed by atoms with Crippen LogP contribution in [0.4, 0.5) is 0 Å². The van der Waals surface area contributed by atoms with Crippen molar-refractivity contribution in [2.75, 3.05) is 0 Å². The number of pyridine rings is 1. The number of benzene rings is 1. The van der Waals surface area contributed by atoms with Gasteiger partial charge in [0, 0.05) is 16.7 Å². The van der Waals surface area contributed by atoms with Crippen molar-refractivity contribution < 1.29 is 4.57 Å². The molecule has 0 aliphatic carbocycles. The van der Waals surface area contributed by atoms with E-state index in [0.717, 1.165) is 5.30 Å². The first-order valence-electron chi connectivity index (χ1n) is 6.03. The Labute approximate surface area is 108 Å². The molecule has 1 unspecified atom stereocenters. The van der Waals surface area contributed by atoms with Crippen LogP contribution in [0.3, 0.4) is 0 Å². The van der Waals surface area contributed by atoms with E-state index in [9.17, 15) is 4.57 Å². The van der Waals surface area contributed by atoms with Crippen molar-refractivity contribution in [1.29, 1.82) is 0 Å². The third-order valence-electron chi connectivity index (χ3n) is 3.04. The summed E-state index contributed by atoms with van der Waals surface area (Å²) < 4.78 is 13.6. The van der Waals surface area contributed by atoms with Crippen LogP contribution in [0.25, 0.3) is 0 Å². The highest BCUT2D eigenvalue weighted by Crippen LogP contribution is 2.54. The highest BCUT2D eigenvalue weighted by atomic mass is 31.2. The largest absolute Gasteiger partial charge is 0.311 e. The van der Waals surface area contributed by atoms with Gasteiger partial charge in [0.05, 0.1) is 0 Å². The first-order valence-corrected chi connectivity index (χ1v) is 7.74. The van der Waals surface area contributed by atoms with Gasteiger partial charge in [-0.25, -0.2) is 0 Å². The lowest BCUT2D eigenvalue weighted by molar-refractivity contribution is 0.563. The monoisotopic (exact) mass is 259 g/mol. The molecular weight excluding hydrogens is 241 g/mol. The normalized spacial score (nSPS) is 15.1. The molecule has 0 spiro atoms. The van der Waals surface area contributed by atoms with Crippen LogP contribution in [0.1, 0.15) is 20.8 Å². The summed E-state index contributed by atoms with van der Waals surface area (Å²) in [6, 6.07) is 15.3. The lowest BCUT2D eigenvalue weighted by atomic mass is 10.3. The summed E-state index contributed by atoms with van der Waals surface area (Å²) in [6.45, 7) is 6.03. The molecule has 1 aromatic carbocycles. The van der Waals surface area contributed by atoms with Crippen molar-refractivity contribution in [3.8, 4) is 0 Å². The molecule has 94 valence electrons. The molecule has 1 atom stereocenters. The second kappa shape index (κ2) is 4.70. The van der Waals surface area contributed by atoms with E-state index in [4.69, 9.17) is 0 Å². The lowest BCUT2D eigenvalue weighted by Crippen LogP contribution is -2.31. The smallest absolute Gasteiger partial charge is 0.165 e. The Kier molecular flexibility index (Phi) is 3.41. The number of aromatic nitrogens is 1. The van der Waals surface area contributed by atoms with E-state index in [-0.39, 0.29) is 5.16 Å². The Morgan fingerprint density at radius 3 is 2.06 bits per heavy atom. The van der Waals surface area contributed by atoms with Gasteiger partial charge in [-0.3, -0.25) is 4.98 Å². The van der Waals surface area contributed by atoms with E-state index in [2.05, 4.69) is 4.98 Å². The predicted octanol–water partition coefficient (Wildman–Crippen LogP) is 3.19. The van der Waals surface area contributed by atoms with E-state index in [1.807, 2.05) is 69.3 Å². The van der Waals surface area contributed by atoms with Crippen LogP contribution in [0.5, 0.6) is 0 Å². The maximum atomic E-state index is 13.6. The minimum absolute atomic E-state index is 0.345. The highest BCUT2D eigenvalue weighted by Gasteiger charge is 2.40. The molecule has 0 bridgehead atoms. The van der Waals surface area contributed by atoms with Crippen LogP contribution < -0.4 is 10.7 Å². The zero-order valence-corrected chi connectivity index (χ0v) is 11.9. The van der Waals surface area contributed by atoms with Gasteiger partial charge in [0.15, 0.2) is 7.14 Å². The standard InChI is InChI=1S/C15H18NOP/c1-15(2,3)18(17,13-9-5-4-6-10-13)14-11-7-8-12-16-14/h4-12H,1-3H3. The van der Waals surface area contributed by atoms with Gasteiger partial charge in [-0.1, -0.05) is 57.2 Å². The summed E-state index contributed by atoms with van der Waals surface area (Å²) >= 11 is 0. The van der Waals surface area contributed by atoms with E-state index >= 15 is 0 Å². The van der Waals surface area contributed by atoms with Gasteiger partial charge >= 0.3 is 0 Å². The van der Waals surface area contributed by atoms with Crippen LogP contribution in [0, 0.1) is 0 Å². The molecule has 0 N–H and O–H groups in total. The summed E-state index contributed by atoms with van der Waals surface area (Å²) in [5.41, 5.74) is 0.684. The Balaban J connectivity index is 2.68. The minimum atomic E-state index is -2.72. The molecular formula is C15H18NOP. The quantitative estimate of drug-likeness (QED) is 0.775. The van der Waals surface area contributed by atoms with Gasteiger partial charge in [0.2, 0.25) is 0 Å². The average Bonchev–Trinajstić information content (AvgIpc) is 2.38. The second-order valence-electron chi connectivity index (χ2n) is 5.30.